The molecule has 0 radical (unpaired) electrons. The molecule has 120 valence electrons. The molecule has 3 rings (SSSR count). The van der Waals surface area contributed by atoms with Crippen LogP contribution in [-0.4, -0.2) is 19.0 Å². The van der Waals surface area contributed by atoms with Crippen LogP contribution >= 0.6 is 35.3 Å². The Balaban J connectivity index is 0.00000176. The number of nitrogens with one attached hydrogen (secondary N) is 2. The highest BCUT2D eigenvalue weighted by Crippen LogP contribution is 2.27. The van der Waals surface area contributed by atoms with Gasteiger partial charge >= 0.3 is 0 Å². The summed E-state index contributed by atoms with van der Waals surface area (Å²) in [5.74, 6) is 2.74. The van der Waals surface area contributed by atoms with Crippen molar-refractivity contribution < 1.29 is 4.42 Å². The minimum atomic E-state index is 0. The highest BCUT2D eigenvalue weighted by molar-refractivity contribution is 14.0. The largest absolute Gasteiger partial charge is 0.469 e. The first kappa shape index (κ1) is 17.3. The lowest BCUT2D eigenvalue weighted by Crippen LogP contribution is -2.39. The number of thiophene rings is 1. The van der Waals surface area contributed by atoms with Crippen molar-refractivity contribution in [1.29, 1.82) is 0 Å². The van der Waals surface area contributed by atoms with Crippen LogP contribution in [0, 0.1) is 5.92 Å². The second kappa shape index (κ2) is 9.19. The summed E-state index contributed by atoms with van der Waals surface area (Å²) < 4.78 is 5.34. The molecule has 0 bridgehead atoms. The van der Waals surface area contributed by atoms with E-state index in [0.29, 0.717) is 0 Å². The molecule has 2 heterocycles. The third-order valence-corrected chi connectivity index (χ3v) is 4.33. The molecule has 0 aliphatic heterocycles. The first-order valence-corrected chi connectivity index (χ1v) is 8.35. The zero-order valence-corrected chi connectivity index (χ0v) is 15.6. The molecule has 2 aromatic rings. The normalized spacial score (nSPS) is 14.5. The third kappa shape index (κ3) is 6.00. The molecule has 1 aliphatic carbocycles. The van der Waals surface area contributed by atoms with Crippen molar-refractivity contribution in [3.05, 3.63) is 46.5 Å². The first-order valence-electron chi connectivity index (χ1n) is 7.47. The molecule has 1 saturated carbocycles. The fourth-order valence-corrected chi connectivity index (χ4v) is 2.68. The van der Waals surface area contributed by atoms with Crippen LogP contribution in [-0.2, 0) is 13.0 Å². The van der Waals surface area contributed by atoms with E-state index in [-0.39, 0.29) is 24.0 Å². The summed E-state index contributed by atoms with van der Waals surface area (Å²) in [6.45, 7) is 2.59. The van der Waals surface area contributed by atoms with Gasteiger partial charge in [-0.2, -0.15) is 0 Å². The van der Waals surface area contributed by atoms with Crippen molar-refractivity contribution in [3.8, 4) is 0 Å². The first-order chi connectivity index (χ1) is 10.4. The van der Waals surface area contributed by atoms with Crippen LogP contribution in [0.4, 0.5) is 0 Å². The number of nitrogens with zero attached hydrogens (tertiary/aromatic N) is 1. The van der Waals surface area contributed by atoms with Gasteiger partial charge in [-0.3, -0.25) is 0 Å². The third-order valence-electron chi connectivity index (χ3n) is 3.47. The van der Waals surface area contributed by atoms with Crippen LogP contribution in [0.5, 0.6) is 0 Å². The Bertz CT molecular complexity index is 550. The van der Waals surface area contributed by atoms with Gasteiger partial charge in [-0.25, -0.2) is 4.99 Å². The summed E-state index contributed by atoms with van der Waals surface area (Å²) in [7, 11) is 0. The van der Waals surface area contributed by atoms with Crippen molar-refractivity contribution in [2.45, 2.75) is 25.8 Å². The molecule has 1 aliphatic rings. The van der Waals surface area contributed by atoms with Gasteiger partial charge in [0.15, 0.2) is 5.96 Å². The van der Waals surface area contributed by atoms with Gasteiger partial charge in [0.05, 0.1) is 12.8 Å². The van der Waals surface area contributed by atoms with E-state index >= 15 is 0 Å². The minimum Gasteiger partial charge on any atom is -0.469 e. The Morgan fingerprint density at radius 1 is 1.27 bits per heavy atom. The summed E-state index contributed by atoms with van der Waals surface area (Å²) in [5.41, 5.74) is 0. The standard InChI is InChI=1S/C16H21N3OS.HI/c1-3-14(20-9-1)7-8-17-16(18-11-13-5-6-13)19-12-15-4-2-10-21-15;/h1-4,9-10,13H,5-8,11-12H2,(H2,17,18,19);1H. The lowest BCUT2D eigenvalue weighted by Gasteiger charge is -2.11. The van der Waals surface area contributed by atoms with Gasteiger partial charge in [0, 0.05) is 24.4 Å². The molecule has 6 heteroatoms. The van der Waals surface area contributed by atoms with E-state index in [1.807, 2.05) is 12.1 Å². The summed E-state index contributed by atoms with van der Waals surface area (Å²) >= 11 is 1.75. The Kier molecular flexibility index (Phi) is 7.24. The number of furan rings is 1. The fraction of sp³-hybridized carbons (Fsp3) is 0.438. The molecule has 2 N–H and O–H groups in total. The maximum Gasteiger partial charge on any atom is 0.191 e. The summed E-state index contributed by atoms with van der Waals surface area (Å²) in [6.07, 6.45) is 5.28. The molecule has 0 unspecified atom stereocenters. The lowest BCUT2D eigenvalue weighted by atomic mass is 10.3. The maximum absolute atomic E-state index is 5.34. The number of rotatable bonds is 7. The van der Waals surface area contributed by atoms with E-state index < -0.39 is 0 Å². The van der Waals surface area contributed by atoms with Gasteiger partial charge in [-0.1, -0.05) is 6.07 Å². The van der Waals surface area contributed by atoms with Crippen LogP contribution in [0.1, 0.15) is 23.5 Å². The highest BCUT2D eigenvalue weighted by atomic mass is 127. The quantitative estimate of drug-likeness (QED) is 0.400. The molecule has 22 heavy (non-hydrogen) atoms. The summed E-state index contributed by atoms with van der Waals surface area (Å²) in [5, 5.41) is 8.91. The summed E-state index contributed by atoms with van der Waals surface area (Å²) in [4.78, 5) is 5.94. The van der Waals surface area contributed by atoms with Crippen LogP contribution in [0.25, 0.3) is 0 Å². The van der Waals surface area contributed by atoms with Crippen molar-refractivity contribution >= 4 is 41.3 Å². The number of guanidine groups is 1. The SMILES string of the molecule is I.c1coc(CCNC(=NCc2cccs2)NCC2CC2)c1. The van der Waals surface area contributed by atoms with E-state index in [0.717, 1.165) is 43.7 Å². The second-order valence-corrected chi connectivity index (χ2v) is 6.36. The van der Waals surface area contributed by atoms with Gasteiger partial charge in [0.1, 0.15) is 5.76 Å². The van der Waals surface area contributed by atoms with E-state index in [4.69, 9.17) is 4.42 Å². The van der Waals surface area contributed by atoms with E-state index in [1.165, 1.54) is 17.7 Å². The second-order valence-electron chi connectivity index (χ2n) is 5.32. The van der Waals surface area contributed by atoms with Crippen LogP contribution in [0.3, 0.4) is 0 Å². The number of hydrogen-bond acceptors (Lipinski definition) is 3. The highest BCUT2D eigenvalue weighted by Gasteiger charge is 2.21. The molecule has 4 nitrogen and oxygen atoms in total. The molecule has 0 amide bonds. The monoisotopic (exact) mass is 431 g/mol. The average molecular weight is 431 g/mol. The number of hydrogen-bond donors (Lipinski definition) is 2. The van der Waals surface area contributed by atoms with Crippen LogP contribution < -0.4 is 10.6 Å². The Morgan fingerprint density at radius 3 is 2.86 bits per heavy atom. The fourth-order valence-electron chi connectivity index (χ4n) is 2.06. The molecular weight excluding hydrogens is 409 g/mol. The lowest BCUT2D eigenvalue weighted by molar-refractivity contribution is 0.506. The molecule has 0 atom stereocenters. The molecule has 2 aromatic heterocycles. The topological polar surface area (TPSA) is 49.6 Å². The van der Waals surface area contributed by atoms with E-state index in [2.05, 4.69) is 33.1 Å². The Labute approximate surface area is 152 Å². The maximum atomic E-state index is 5.34. The molecular formula is C16H22IN3OS. The smallest absolute Gasteiger partial charge is 0.191 e. The predicted molar refractivity (Wildman–Crippen MR) is 102 cm³/mol. The van der Waals surface area contributed by atoms with Crippen LogP contribution in [0.2, 0.25) is 0 Å². The average Bonchev–Trinajstić information content (AvgIpc) is 2.96. The van der Waals surface area contributed by atoms with E-state index in [1.54, 1.807) is 17.6 Å². The summed E-state index contributed by atoms with van der Waals surface area (Å²) in [6, 6.07) is 8.11. The Morgan fingerprint density at radius 2 is 2.18 bits per heavy atom. The molecule has 1 fully saturated rings. The number of aliphatic imine (C=N–C) groups is 1. The van der Waals surface area contributed by atoms with Gasteiger partial charge in [0.2, 0.25) is 0 Å². The van der Waals surface area contributed by atoms with Crippen molar-refractivity contribution in [1.82, 2.24) is 10.6 Å². The zero-order chi connectivity index (χ0) is 14.3. The van der Waals surface area contributed by atoms with Crippen molar-refractivity contribution in [2.24, 2.45) is 10.9 Å². The zero-order valence-electron chi connectivity index (χ0n) is 12.5. The molecule has 0 saturated heterocycles. The van der Waals surface area contributed by atoms with Crippen molar-refractivity contribution in [3.63, 3.8) is 0 Å². The van der Waals surface area contributed by atoms with Gasteiger partial charge in [-0.15, -0.1) is 35.3 Å². The van der Waals surface area contributed by atoms with Crippen molar-refractivity contribution in [2.75, 3.05) is 13.1 Å². The van der Waals surface area contributed by atoms with Crippen LogP contribution in [0.15, 0.2) is 45.3 Å². The van der Waals surface area contributed by atoms with Gasteiger partial charge < -0.3 is 15.1 Å². The Hall–Kier alpha value is -1.02. The molecule has 0 spiro atoms. The van der Waals surface area contributed by atoms with Gasteiger partial charge in [-0.05, 0) is 42.3 Å². The predicted octanol–water partition coefficient (Wildman–Crippen LogP) is 3.65. The molecule has 0 aromatic carbocycles. The van der Waals surface area contributed by atoms with E-state index in [9.17, 15) is 0 Å². The minimum absolute atomic E-state index is 0. The number of halogens is 1. The van der Waals surface area contributed by atoms with Gasteiger partial charge in [0.25, 0.3) is 0 Å².